The van der Waals surface area contributed by atoms with Crippen molar-refractivity contribution in [2.24, 2.45) is 0 Å². The monoisotopic (exact) mass is 421 g/mol. The van der Waals surface area contributed by atoms with Crippen LogP contribution < -0.4 is 14.2 Å². The molecule has 1 unspecified atom stereocenters. The molecule has 1 atom stereocenters. The van der Waals surface area contributed by atoms with E-state index in [1.165, 1.54) is 13.2 Å². The summed E-state index contributed by atoms with van der Waals surface area (Å²) in [4.78, 5) is 15.5. The maximum absolute atomic E-state index is 14.2. The zero-order valence-electron chi connectivity index (χ0n) is 16.8. The lowest BCUT2D eigenvalue weighted by Crippen LogP contribution is -2.22. The van der Waals surface area contributed by atoms with E-state index >= 15 is 0 Å². The summed E-state index contributed by atoms with van der Waals surface area (Å²) in [5.41, 5.74) is 2.50. The number of methoxy groups -OCH3 is 1. The largest absolute Gasteiger partial charge is 0.497 e. The maximum atomic E-state index is 14.2. The molecule has 0 bridgehead atoms. The van der Waals surface area contributed by atoms with Gasteiger partial charge in [0.05, 0.1) is 12.8 Å². The van der Waals surface area contributed by atoms with Crippen molar-refractivity contribution in [3.05, 3.63) is 84.0 Å². The summed E-state index contributed by atoms with van der Waals surface area (Å²) < 4.78 is 31.2. The predicted molar refractivity (Wildman–Crippen MR) is 112 cm³/mol. The van der Waals surface area contributed by atoms with Crippen molar-refractivity contribution >= 4 is 5.97 Å². The molecule has 4 rings (SSSR count). The lowest BCUT2D eigenvalue weighted by molar-refractivity contribution is -0.132. The van der Waals surface area contributed by atoms with Crippen LogP contribution in [0.3, 0.4) is 0 Å². The van der Waals surface area contributed by atoms with Crippen molar-refractivity contribution in [3.8, 4) is 28.4 Å². The number of aliphatic carboxylic acids is 1. The molecule has 1 aromatic heterocycles. The Hall–Kier alpha value is -3.87. The third-order valence-corrected chi connectivity index (χ3v) is 4.99. The van der Waals surface area contributed by atoms with Crippen LogP contribution in [0.2, 0.25) is 0 Å². The maximum Gasteiger partial charge on any atom is 0.331 e. The molecule has 0 spiro atoms. The molecule has 0 radical (unpaired) electrons. The number of carboxylic acids is 1. The van der Waals surface area contributed by atoms with E-state index < -0.39 is 12.1 Å². The van der Waals surface area contributed by atoms with Gasteiger partial charge in [0.25, 0.3) is 0 Å². The number of aromatic nitrogens is 1. The molecule has 0 fully saturated rings. The van der Waals surface area contributed by atoms with Crippen molar-refractivity contribution in [2.45, 2.75) is 12.5 Å². The average Bonchev–Trinajstić information content (AvgIpc) is 2.79. The first-order valence-corrected chi connectivity index (χ1v) is 9.58. The number of hydrogen-bond donors (Lipinski definition) is 1. The molecule has 3 aromatic rings. The van der Waals surface area contributed by atoms with Crippen LogP contribution in [-0.4, -0.2) is 29.8 Å². The summed E-state index contributed by atoms with van der Waals surface area (Å²) in [6.07, 6.45) is 1.34. The van der Waals surface area contributed by atoms with Gasteiger partial charge < -0.3 is 19.3 Å². The molecule has 31 heavy (non-hydrogen) atoms. The molecular weight excluding hydrogens is 401 g/mol. The van der Waals surface area contributed by atoms with Gasteiger partial charge in [-0.05, 0) is 42.0 Å². The van der Waals surface area contributed by atoms with Crippen molar-refractivity contribution < 1.29 is 28.5 Å². The fraction of sp³-hybridized carbons (Fsp3) is 0.167. The average molecular weight is 421 g/mol. The summed E-state index contributed by atoms with van der Waals surface area (Å²) in [6, 6.07) is 13.4. The van der Waals surface area contributed by atoms with Crippen LogP contribution in [0.1, 0.15) is 17.4 Å². The second-order valence-corrected chi connectivity index (χ2v) is 7.10. The topological polar surface area (TPSA) is 77.9 Å². The number of carboxylic acid groups (broad SMARTS) is 1. The number of nitrogens with zero attached hydrogens (tertiary/aromatic N) is 1. The molecule has 1 aliphatic heterocycles. The minimum Gasteiger partial charge on any atom is -0.497 e. The van der Waals surface area contributed by atoms with Gasteiger partial charge in [-0.2, -0.15) is 0 Å². The van der Waals surface area contributed by atoms with Gasteiger partial charge in [0.15, 0.2) is 17.6 Å². The Kier molecular flexibility index (Phi) is 5.58. The third-order valence-electron chi connectivity index (χ3n) is 4.99. The van der Waals surface area contributed by atoms with E-state index in [0.29, 0.717) is 34.1 Å². The summed E-state index contributed by atoms with van der Waals surface area (Å²) in [5.74, 6) is 0.247. The highest BCUT2D eigenvalue weighted by Gasteiger charge is 2.24. The summed E-state index contributed by atoms with van der Waals surface area (Å²) in [7, 11) is 1.53. The molecule has 0 aliphatic carbocycles. The SMILES string of the molecule is C=C(Cc1ccc2c(c1)OC(c1ccc(-c3cc(OC)ccc3F)cn1)CO2)C(=O)O. The van der Waals surface area contributed by atoms with E-state index in [0.717, 1.165) is 5.56 Å². The number of hydrogen-bond acceptors (Lipinski definition) is 5. The van der Waals surface area contributed by atoms with Crippen LogP contribution in [0.5, 0.6) is 17.2 Å². The standard InChI is InChI=1S/C24H20FNO5/c1-14(24(27)28)9-15-3-8-21-22(10-15)31-23(13-30-21)20-7-4-16(12-26-20)18-11-17(29-2)5-6-19(18)25/h3-8,10-12,23H,1,9,13H2,2H3,(H,27,28). The van der Waals surface area contributed by atoms with E-state index in [1.54, 1.807) is 48.7 Å². The Morgan fingerprint density at radius 1 is 1.23 bits per heavy atom. The van der Waals surface area contributed by atoms with E-state index in [-0.39, 0.29) is 24.4 Å². The normalized spacial score (nSPS) is 14.7. The highest BCUT2D eigenvalue weighted by atomic mass is 19.1. The summed E-state index contributed by atoms with van der Waals surface area (Å²) in [6.45, 7) is 3.83. The van der Waals surface area contributed by atoms with Crippen LogP contribution in [0.4, 0.5) is 4.39 Å². The van der Waals surface area contributed by atoms with E-state index in [9.17, 15) is 9.18 Å². The second kappa shape index (κ2) is 8.47. The lowest BCUT2D eigenvalue weighted by Gasteiger charge is -2.26. The molecule has 0 amide bonds. The van der Waals surface area contributed by atoms with Crippen molar-refractivity contribution in [3.63, 3.8) is 0 Å². The Morgan fingerprint density at radius 3 is 2.77 bits per heavy atom. The number of halogens is 1. The van der Waals surface area contributed by atoms with Gasteiger partial charge in [0, 0.05) is 29.3 Å². The number of pyridine rings is 1. The van der Waals surface area contributed by atoms with Gasteiger partial charge in [-0.1, -0.05) is 18.7 Å². The van der Waals surface area contributed by atoms with Crippen LogP contribution >= 0.6 is 0 Å². The molecule has 2 aromatic carbocycles. The molecule has 6 nitrogen and oxygen atoms in total. The lowest BCUT2D eigenvalue weighted by atomic mass is 10.0. The summed E-state index contributed by atoms with van der Waals surface area (Å²) in [5, 5.41) is 9.03. The van der Waals surface area contributed by atoms with Crippen LogP contribution in [0.25, 0.3) is 11.1 Å². The molecular formula is C24H20FNO5. The van der Waals surface area contributed by atoms with E-state index in [1.807, 2.05) is 0 Å². The molecule has 2 heterocycles. The number of carbonyl (C=O) groups is 1. The Balaban J connectivity index is 1.53. The number of fused-ring (bicyclic) bond motifs is 1. The van der Waals surface area contributed by atoms with Gasteiger partial charge in [0.1, 0.15) is 18.2 Å². The Bertz CT molecular complexity index is 1140. The van der Waals surface area contributed by atoms with Gasteiger partial charge >= 0.3 is 5.97 Å². The second-order valence-electron chi connectivity index (χ2n) is 7.10. The first-order chi connectivity index (χ1) is 14.9. The highest BCUT2D eigenvalue weighted by Crippen LogP contribution is 2.37. The first-order valence-electron chi connectivity index (χ1n) is 9.58. The fourth-order valence-corrected chi connectivity index (χ4v) is 3.30. The molecule has 0 saturated carbocycles. The van der Waals surface area contributed by atoms with Gasteiger partial charge in [-0.15, -0.1) is 0 Å². The first kappa shape index (κ1) is 20.4. The zero-order valence-corrected chi connectivity index (χ0v) is 16.8. The van der Waals surface area contributed by atoms with E-state index in [4.69, 9.17) is 19.3 Å². The Labute approximate surface area is 178 Å². The smallest absolute Gasteiger partial charge is 0.331 e. The van der Waals surface area contributed by atoms with E-state index in [2.05, 4.69) is 11.6 Å². The minimum atomic E-state index is -1.04. The zero-order chi connectivity index (χ0) is 22.0. The van der Waals surface area contributed by atoms with Crippen LogP contribution in [0, 0.1) is 5.82 Å². The molecule has 0 saturated heterocycles. The fourth-order valence-electron chi connectivity index (χ4n) is 3.30. The third kappa shape index (κ3) is 4.35. The van der Waals surface area contributed by atoms with Gasteiger partial charge in [0.2, 0.25) is 0 Å². The molecule has 1 aliphatic rings. The predicted octanol–water partition coefficient (Wildman–Crippen LogP) is 4.59. The van der Waals surface area contributed by atoms with Gasteiger partial charge in [-0.25, -0.2) is 9.18 Å². The quantitative estimate of drug-likeness (QED) is 0.587. The van der Waals surface area contributed by atoms with Crippen LogP contribution in [0.15, 0.2) is 66.9 Å². The molecule has 158 valence electrons. The highest BCUT2D eigenvalue weighted by molar-refractivity contribution is 5.86. The van der Waals surface area contributed by atoms with Crippen LogP contribution in [-0.2, 0) is 11.2 Å². The number of benzene rings is 2. The van der Waals surface area contributed by atoms with Crippen molar-refractivity contribution in [1.82, 2.24) is 4.98 Å². The number of rotatable bonds is 6. The van der Waals surface area contributed by atoms with Crippen molar-refractivity contribution in [2.75, 3.05) is 13.7 Å². The summed E-state index contributed by atoms with van der Waals surface area (Å²) >= 11 is 0. The van der Waals surface area contributed by atoms with Crippen molar-refractivity contribution in [1.29, 1.82) is 0 Å². The Morgan fingerprint density at radius 2 is 2.06 bits per heavy atom. The molecule has 7 heteroatoms. The van der Waals surface area contributed by atoms with Gasteiger partial charge in [-0.3, -0.25) is 4.98 Å². The number of ether oxygens (including phenoxy) is 3. The minimum absolute atomic E-state index is 0.0928. The molecule has 1 N–H and O–H groups in total.